The van der Waals surface area contributed by atoms with E-state index < -0.39 is 17.0 Å². The minimum absolute atomic E-state index is 0.622. The standard InChI is InChI=1S/C7H5Cl3S.3C4H9.Sn/c8-4-1-6(9)5(3-11)7(10)2-4;3*1-3-4-2;/h1-2,11H,3H2;3*1,3-4H2,2H3;/q;;;;+1/p-1. The van der Waals surface area contributed by atoms with Crippen molar-refractivity contribution in [2.45, 2.75) is 78.4 Å². The number of halogens is 3. The molecule has 0 fully saturated rings. The molecule has 0 saturated carbocycles. The van der Waals surface area contributed by atoms with Gasteiger partial charge in [0.15, 0.2) is 0 Å². The van der Waals surface area contributed by atoms with E-state index in [1.165, 1.54) is 51.8 Å². The summed E-state index contributed by atoms with van der Waals surface area (Å²) in [5, 5.41) is 2.07. The van der Waals surface area contributed by atoms with Crippen LogP contribution < -0.4 is 0 Å². The van der Waals surface area contributed by atoms with Gasteiger partial charge in [-0.25, -0.2) is 0 Å². The molecule has 0 amide bonds. The van der Waals surface area contributed by atoms with Crippen LogP contribution in [0.5, 0.6) is 0 Å². The van der Waals surface area contributed by atoms with E-state index in [1.807, 2.05) is 12.1 Å². The van der Waals surface area contributed by atoms with Crippen molar-refractivity contribution in [3.05, 3.63) is 32.8 Å². The fourth-order valence-electron chi connectivity index (χ4n) is 3.02. The first-order valence-corrected chi connectivity index (χ1v) is 20.9. The summed E-state index contributed by atoms with van der Waals surface area (Å²) in [7, 11) is 2.27. The van der Waals surface area contributed by atoms with E-state index in [1.54, 1.807) is 0 Å². The molecule has 0 aliphatic heterocycles. The first kappa shape index (κ1) is 23.3. The molecule has 0 bridgehead atoms. The summed E-state index contributed by atoms with van der Waals surface area (Å²) in [4.78, 5) is 0. The Hall–Kier alpha value is 1.24. The van der Waals surface area contributed by atoms with Gasteiger partial charge in [-0.05, 0) is 0 Å². The first-order valence-electron chi connectivity index (χ1n) is 9.25. The van der Waals surface area contributed by atoms with Crippen LogP contribution >= 0.6 is 43.7 Å². The van der Waals surface area contributed by atoms with Crippen molar-refractivity contribution in [2.75, 3.05) is 0 Å². The summed E-state index contributed by atoms with van der Waals surface area (Å²) in [6.07, 6.45) is 8.08. The van der Waals surface area contributed by atoms with Crippen LogP contribution in [0.2, 0.25) is 28.4 Å². The fraction of sp³-hybridized carbons (Fsp3) is 0.684. The van der Waals surface area contributed by atoms with Crippen LogP contribution in [0.3, 0.4) is 0 Å². The van der Waals surface area contributed by atoms with Crippen molar-refractivity contribution in [2.24, 2.45) is 0 Å². The van der Waals surface area contributed by atoms with Gasteiger partial charge in [-0.15, -0.1) is 0 Å². The van der Waals surface area contributed by atoms with Crippen molar-refractivity contribution in [3.63, 3.8) is 0 Å². The SMILES string of the molecule is CCC[CH2][Sn]([CH2]CCC)([CH2]CCC)[S]Cc1c(Cl)cc(Cl)cc1Cl. The molecule has 0 radical (unpaired) electrons. The Balaban J connectivity index is 2.92. The third kappa shape index (κ3) is 7.86. The molecular formula is C19H31Cl3SSn. The fourth-order valence-corrected chi connectivity index (χ4v) is 26.5. The van der Waals surface area contributed by atoms with Gasteiger partial charge in [0.1, 0.15) is 0 Å². The van der Waals surface area contributed by atoms with E-state index >= 15 is 0 Å². The van der Waals surface area contributed by atoms with Gasteiger partial charge >= 0.3 is 172 Å². The van der Waals surface area contributed by atoms with E-state index in [0.29, 0.717) is 5.02 Å². The van der Waals surface area contributed by atoms with Gasteiger partial charge in [0, 0.05) is 0 Å². The maximum atomic E-state index is 6.42. The molecule has 0 atom stereocenters. The first-order chi connectivity index (χ1) is 11.5. The van der Waals surface area contributed by atoms with Gasteiger partial charge in [-0.1, -0.05) is 0 Å². The van der Waals surface area contributed by atoms with Crippen molar-refractivity contribution in [1.29, 1.82) is 0 Å². The molecular weight excluding hydrogens is 485 g/mol. The molecule has 138 valence electrons. The van der Waals surface area contributed by atoms with Crippen molar-refractivity contribution < 1.29 is 0 Å². The predicted octanol–water partition coefficient (Wildman–Crippen LogP) is 9.23. The molecule has 1 aromatic rings. The summed E-state index contributed by atoms with van der Waals surface area (Å²) in [5.74, 6) is 0.960. The Morgan fingerprint density at radius 1 is 0.792 bits per heavy atom. The quantitative estimate of drug-likeness (QED) is 0.250. The molecule has 0 nitrogen and oxygen atoms in total. The predicted molar refractivity (Wildman–Crippen MR) is 118 cm³/mol. The average molecular weight is 517 g/mol. The minimum atomic E-state index is -2.20. The Bertz CT molecular complexity index is 449. The zero-order chi connectivity index (χ0) is 18.0. The molecule has 0 aliphatic rings. The van der Waals surface area contributed by atoms with Gasteiger partial charge in [0.05, 0.1) is 0 Å². The van der Waals surface area contributed by atoms with E-state index in [0.717, 1.165) is 21.4 Å². The van der Waals surface area contributed by atoms with Crippen LogP contribution in [-0.2, 0) is 5.75 Å². The second-order valence-electron chi connectivity index (χ2n) is 6.63. The second kappa shape index (κ2) is 12.6. The average Bonchev–Trinajstić information content (AvgIpc) is 2.54. The van der Waals surface area contributed by atoms with Crippen LogP contribution in [0.25, 0.3) is 0 Å². The topological polar surface area (TPSA) is 0 Å². The molecule has 24 heavy (non-hydrogen) atoms. The molecule has 0 unspecified atom stereocenters. The summed E-state index contributed by atoms with van der Waals surface area (Å²) in [6.45, 7) is 6.94. The van der Waals surface area contributed by atoms with Crippen LogP contribution in [0.1, 0.15) is 64.9 Å². The third-order valence-electron chi connectivity index (χ3n) is 4.59. The monoisotopic (exact) mass is 516 g/mol. The van der Waals surface area contributed by atoms with E-state index in [4.69, 9.17) is 34.8 Å². The molecule has 0 saturated heterocycles. The summed E-state index contributed by atoms with van der Waals surface area (Å²) < 4.78 is 4.50. The van der Waals surface area contributed by atoms with Gasteiger partial charge in [-0.3, -0.25) is 0 Å². The Morgan fingerprint density at radius 3 is 1.58 bits per heavy atom. The molecule has 5 heteroatoms. The van der Waals surface area contributed by atoms with Crippen molar-refractivity contribution in [3.8, 4) is 0 Å². The molecule has 1 aromatic carbocycles. The molecule has 0 spiro atoms. The van der Waals surface area contributed by atoms with Gasteiger partial charge < -0.3 is 0 Å². The second-order valence-corrected chi connectivity index (χ2v) is 27.8. The van der Waals surface area contributed by atoms with Crippen LogP contribution in [0.4, 0.5) is 0 Å². The summed E-state index contributed by atoms with van der Waals surface area (Å²) >= 11 is 16.7. The molecule has 1 rings (SSSR count). The van der Waals surface area contributed by atoms with Crippen LogP contribution in [0, 0.1) is 0 Å². The van der Waals surface area contributed by atoms with Crippen molar-refractivity contribution >= 4 is 60.7 Å². The molecule has 0 heterocycles. The molecule has 0 aromatic heterocycles. The van der Waals surface area contributed by atoms with Crippen molar-refractivity contribution in [1.82, 2.24) is 0 Å². The normalized spacial score (nSPS) is 11.9. The van der Waals surface area contributed by atoms with E-state index in [9.17, 15) is 0 Å². The molecule has 0 N–H and O–H groups in total. The number of hydrogen-bond donors (Lipinski definition) is 0. The van der Waals surface area contributed by atoms with Gasteiger partial charge in [0.25, 0.3) is 0 Å². The number of unbranched alkanes of at least 4 members (excludes halogenated alkanes) is 3. The number of benzene rings is 1. The van der Waals surface area contributed by atoms with E-state index in [2.05, 4.69) is 29.7 Å². The zero-order valence-electron chi connectivity index (χ0n) is 15.3. The summed E-state index contributed by atoms with van der Waals surface area (Å²) in [6, 6.07) is 3.65. The van der Waals surface area contributed by atoms with Crippen LogP contribution in [-0.4, -0.2) is 17.0 Å². The summed E-state index contributed by atoms with van der Waals surface area (Å²) in [5.41, 5.74) is 1.08. The van der Waals surface area contributed by atoms with E-state index in [-0.39, 0.29) is 0 Å². The number of rotatable bonds is 12. The zero-order valence-corrected chi connectivity index (χ0v) is 21.2. The maximum absolute atomic E-state index is 6.42. The van der Waals surface area contributed by atoms with Gasteiger partial charge in [0.2, 0.25) is 0 Å². The van der Waals surface area contributed by atoms with Gasteiger partial charge in [-0.2, -0.15) is 0 Å². The Kier molecular flexibility index (Phi) is 12.2. The Morgan fingerprint density at radius 2 is 1.21 bits per heavy atom. The molecule has 0 aliphatic carbocycles. The number of hydrogen-bond acceptors (Lipinski definition) is 1. The third-order valence-corrected chi connectivity index (χ3v) is 27.9. The van der Waals surface area contributed by atoms with Crippen LogP contribution in [0.15, 0.2) is 12.1 Å². The Labute approximate surface area is 170 Å².